The fraction of sp³-hybridized carbons (Fsp3) is 0.389. The number of hydrogen-bond donors (Lipinski definition) is 1. The first-order chi connectivity index (χ1) is 9.74. The minimum Gasteiger partial charge on any atom is -0.304 e. The summed E-state index contributed by atoms with van der Waals surface area (Å²) in [5.41, 5.74) is 5.15. The number of aryl methyl sites for hydroxylation is 2. The van der Waals surface area contributed by atoms with Crippen molar-refractivity contribution in [3.05, 3.63) is 65.0 Å². The summed E-state index contributed by atoms with van der Waals surface area (Å²) in [7, 11) is 0. The zero-order valence-corrected chi connectivity index (χ0v) is 12.3. The summed E-state index contributed by atoms with van der Waals surface area (Å²) < 4.78 is 0. The first kappa shape index (κ1) is 13.3. The second-order valence-electron chi connectivity index (χ2n) is 5.87. The first-order valence-corrected chi connectivity index (χ1v) is 7.44. The molecule has 2 aromatic rings. The number of hydrogen-bond acceptors (Lipinski definition) is 2. The van der Waals surface area contributed by atoms with Crippen molar-refractivity contribution in [1.82, 2.24) is 10.3 Å². The molecular weight excluding hydrogens is 244 g/mol. The van der Waals surface area contributed by atoms with Crippen LogP contribution in [0.5, 0.6) is 0 Å². The van der Waals surface area contributed by atoms with Crippen LogP contribution in [0, 0.1) is 19.8 Å². The molecule has 104 valence electrons. The van der Waals surface area contributed by atoms with Gasteiger partial charge in [-0.2, -0.15) is 0 Å². The molecule has 1 aliphatic rings. The molecule has 1 N–H and O–H groups in total. The zero-order valence-electron chi connectivity index (χ0n) is 12.3. The normalized spacial score (nSPS) is 16.1. The average Bonchev–Trinajstić information content (AvgIpc) is 3.27. The van der Waals surface area contributed by atoms with E-state index in [0.717, 1.165) is 18.2 Å². The summed E-state index contributed by atoms with van der Waals surface area (Å²) in [6.45, 7) is 5.12. The van der Waals surface area contributed by atoms with Crippen molar-refractivity contribution < 1.29 is 0 Å². The molecule has 2 nitrogen and oxygen atoms in total. The minimum absolute atomic E-state index is 0.469. The summed E-state index contributed by atoms with van der Waals surface area (Å²) in [5.74, 6) is 0.793. The van der Waals surface area contributed by atoms with Crippen LogP contribution in [0.4, 0.5) is 0 Å². The van der Waals surface area contributed by atoms with Crippen LogP contribution in [0.2, 0.25) is 0 Å². The van der Waals surface area contributed by atoms with Crippen molar-refractivity contribution in [3.8, 4) is 0 Å². The number of benzene rings is 1. The maximum Gasteiger partial charge on any atom is 0.0570 e. The smallest absolute Gasteiger partial charge is 0.0570 e. The highest BCUT2D eigenvalue weighted by atomic mass is 14.9. The molecule has 1 aromatic carbocycles. The van der Waals surface area contributed by atoms with Crippen LogP contribution < -0.4 is 5.32 Å². The third kappa shape index (κ3) is 3.07. The van der Waals surface area contributed by atoms with Gasteiger partial charge in [0.1, 0.15) is 0 Å². The lowest BCUT2D eigenvalue weighted by Gasteiger charge is -2.19. The average molecular weight is 266 g/mol. The number of nitrogens with zero attached hydrogens (tertiary/aromatic N) is 1. The van der Waals surface area contributed by atoms with Gasteiger partial charge in [0, 0.05) is 18.8 Å². The van der Waals surface area contributed by atoms with Crippen molar-refractivity contribution in [2.75, 3.05) is 0 Å². The van der Waals surface area contributed by atoms with Gasteiger partial charge in [0.15, 0.2) is 0 Å². The van der Waals surface area contributed by atoms with Gasteiger partial charge in [0.05, 0.1) is 5.69 Å². The van der Waals surface area contributed by atoms with Crippen LogP contribution in [0.1, 0.15) is 41.3 Å². The van der Waals surface area contributed by atoms with Gasteiger partial charge in [0.25, 0.3) is 0 Å². The highest BCUT2D eigenvalue weighted by Gasteiger charge is 2.31. The molecule has 0 radical (unpaired) electrons. The van der Waals surface area contributed by atoms with Gasteiger partial charge in [0.2, 0.25) is 0 Å². The van der Waals surface area contributed by atoms with E-state index in [9.17, 15) is 0 Å². The highest BCUT2D eigenvalue weighted by Crippen LogP contribution is 2.41. The Kier molecular flexibility index (Phi) is 3.83. The molecule has 1 aliphatic carbocycles. The predicted octanol–water partition coefficient (Wildman–Crippen LogP) is 3.94. The van der Waals surface area contributed by atoms with Crippen LogP contribution in [0.25, 0.3) is 0 Å². The van der Waals surface area contributed by atoms with E-state index in [1.807, 2.05) is 12.3 Å². The Labute approximate surface area is 121 Å². The fourth-order valence-electron chi connectivity index (χ4n) is 2.67. The lowest BCUT2D eigenvalue weighted by Crippen LogP contribution is -2.23. The Hall–Kier alpha value is -1.67. The standard InChI is InChI=1S/C18H22N2/c1-13-5-7-15(8-6-13)18(16-9-10-16)20-12-17-14(2)4-3-11-19-17/h3-8,11,16,18,20H,9-10,12H2,1-2H3. The maximum absolute atomic E-state index is 4.48. The monoisotopic (exact) mass is 266 g/mol. The number of nitrogens with one attached hydrogen (secondary N) is 1. The quantitative estimate of drug-likeness (QED) is 0.886. The van der Waals surface area contributed by atoms with Gasteiger partial charge in [-0.1, -0.05) is 35.9 Å². The molecule has 1 unspecified atom stereocenters. The van der Waals surface area contributed by atoms with Gasteiger partial charge in [-0.25, -0.2) is 0 Å². The number of aromatic nitrogens is 1. The third-order valence-corrected chi connectivity index (χ3v) is 4.14. The molecule has 0 amide bonds. The van der Waals surface area contributed by atoms with Gasteiger partial charge in [-0.05, 0) is 49.8 Å². The van der Waals surface area contributed by atoms with Crippen molar-refractivity contribution in [2.45, 2.75) is 39.3 Å². The van der Waals surface area contributed by atoms with Gasteiger partial charge in [-0.15, -0.1) is 0 Å². The van der Waals surface area contributed by atoms with Crippen LogP contribution >= 0.6 is 0 Å². The SMILES string of the molecule is Cc1ccc(C(NCc2ncccc2C)C2CC2)cc1. The van der Waals surface area contributed by atoms with Gasteiger partial charge in [-0.3, -0.25) is 4.98 Å². The summed E-state index contributed by atoms with van der Waals surface area (Å²) >= 11 is 0. The third-order valence-electron chi connectivity index (χ3n) is 4.14. The summed E-state index contributed by atoms with van der Waals surface area (Å²) in [6, 6.07) is 13.5. The molecule has 20 heavy (non-hydrogen) atoms. The predicted molar refractivity (Wildman–Crippen MR) is 82.5 cm³/mol. The molecule has 0 bridgehead atoms. The lowest BCUT2D eigenvalue weighted by molar-refractivity contribution is 0.476. The Morgan fingerprint density at radius 2 is 1.90 bits per heavy atom. The van der Waals surface area contributed by atoms with Crippen molar-refractivity contribution in [3.63, 3.8) is 0 Å². The second-order valence-corrected chi connectivity index (χ2v) is 5.87. The van der Waals surface area contributed by atoms with E-state index in [1.165, 1.54) is 29.5 Å². The van der Waals surface area contributed by atoms with Crippen molar-refractivity contribution in [2.24, 2.45) is 5.92 Å². The molecule has 0 aliphatic heterocycles. The molecule has 2 heteroatoms. The number of rotatable bonds is 5. The molecule has 1 heterocycles. The minimum atomic E-state index is 0.469. The topological polar surface area (TPSA) is 24.9 Å². The van der Waals surface area contributed by atoms with E-state index in [1.54, 1.807) is 0 Å². The Balaban J connectivity index is 1.72. The Bertz CT molecular complexity index is 570. The zero-order chi connectivity index (χ0) is 13.9. The van der Waals surface area contributed by atoms with E-state index in [-0.39, 0.29) is 0 Å². The molecule has 0 spiro atoms. The fourth-order valence-corrected chi connectivity index (χ4v) is 2.67. The van der Waals surface area contributed by atoms with E-state index in [0.29, 0.717) is 6.04 Å². The van der Waals surface area contributed by atoms with E-state index in [2.05, 4.69) is 54.5 Å². The largest absolute Gasteiger partial charge is 0.304 e. The summed E-state index contributed by atoms with van der Waals surface area (Å²) in [6.07, 6.45) is 4.56. The van der Waals surface area contributed by atoms with Crippen LogP contribution in [-0.2, 0) is 6.54 Å². The summed E-state index contributed by atoms with van der Waals surface area (Å²) in [4.78, 5) is 4.48. The van der Waals surface area contributed by atoms with Crippen LogP contribution in [0.3, 0.4) is 0 Å². The number of pyridine rings is 1. The summed E-state index contributed by atoms with van der Waals surface area (Å²) in [5, 5.41) is 3.71. The van der Waals surface area contributed by atoms with Gasteiger partial charge < -0.3 is 5.32 Å². The van der Waals surface area contributed by atoms with Crippen LogP contribution in [0.15, 0.2) is 42.6 Å². The highest BCUT2D eigenvalue weighted by molar-refractivity contribution is 5.26. The second kappa shape index (κ2) is 5.76. The molecule has 1 aromatic heterocycles. The Morgan fingerprint density at radius 3 is 2.55 bits per heavy atom. The Morgan fingerprint density at radius 1 is 1.15 bits per heavy atom. The van der Waals surface area contributed by atoms with Crippen LogP contribution in [-0.4, -0.2) is 4.98 Å². The van der Waals surface area contributed by atoms with Gasteiger partial charge >= 0.3 is 0 Å². The molecule has 1 atom stereocenters. The molecular formula is C18H22N2. The molecule has 1 saturated carbocycles. The molecule has 1 fully saturated rings. The van der Waals surface area contributed by atoms with Crippen molar-refractivity contribution >= 4 is 0 Å². The van der Waals surface area contributed by atoms with E-state index in [4.69, 9.17) is 0 Å². The maximum atomic E-state index is 4.48. The lowest BCUT2D eigenvalue weighted by atomic mass is 10.0. The first-order valence-electron chi connectivity index (χ1n) is 7.44. The van der Waals surface area contributed by atoms with Crippen molar-refractivity contribution in [1.29, 1.82) is 0 Å². The molecule has 3 rings (SSSR count). The van der Waals surface area contributed by atoms with E-state index >= 15 is 0 Å². The molecule has 0 saturated heterocycles. The van der Waals surface area contributed by atoms with E-state index < -0.39 is 0 Å².